The van der Waals surface area contributed by atoms with E-state index < -0.39 is 16.7 Å². The standard InChI is InChI=1S/C21H17N3O5/c1-14(20(25)19-12-13-22-21(26)23-19)29-18-10-6-16(7-11-18)3-2-15-4-8-17(9-5-15)24(27)28/h2-14H,1H3,(H,22,23,26)/b3-2+. The van der Waals surface area contributed by atoms with Gasteiger partial charge in [0.25, 0.3) is 5.69 Å². The number of hydrogen-bond acceptors (Lipinski definition) is 6. The number of nitrogens with zero attached hydrogens (tertiary/aromatic N) is 2. The molecule has 0 aliphatic heterocycles. The van der Waals surface area contributed by atoms with E-state index in [1.165, 1.54) is 24.4 Å². The second-order valence-electron chi connectivity index (χ2n) is 6.16. The predicted molar refractivity (Wildman–Crippen MR) is 108 cm³/mol. The van der Waals surface area contributed by atoms with E-state index >= 15 is 0 Å². The molecule has 0 saturated heterocycles. The summed E-state index contributed by atoms with van der Waals surface area (Å²) < 4.78 is 5.64. The zero-order valence-corrected chi connectivity index (χ0v) is 15.4. The van der Waals surface area contributed by atoms with Crippen molar-refractivity contribution >= 4 is 23.6 Å². The van der Waals surface area contributed by atoms with Crippen molar-refractivity contribution in [1.82, 2.24) is 9.97 Å². The van der Waals surface area contributed by atoms with Gasteiger partial charge < -0.3 is 9.72 Å². The van der Waals surface area contributed by atoms with Gasteiger partial charge >= 0.3 is 5.69 Å². The first-order chi connectivity index (χ1) is 13.9. The molecule has 0 spiro atoms. The zero-order valence-electron chi connectivity index (χ0n) is 15.4. The van der Waals surface area contributed by atoms with E-state index in [-0.39, 0.29) is 17.2 Å². The minimum atomic E-state index is -0.783. The van der Waals surface area contributed by atoms with Crippen LogP contribution in [-0.2, 0) is 0 Å². The Morgan fingerprint density at radius 3 is 2.21 bits per heavy atom. The Kier molecular flexibility index (Phi) is 5.94. The summed E-state index contributed by atoms with van der Waals surface area (Å²) >= 11 is 0. The quantitative estimate of drug-likeness (QED) is 0.285. The van der Waals surface area contributed by atoms with Gasteiger partial charge in [0.1, 0.15) is 5.75 Å². The third-order valence-electron chi connectivity index (χ3n) is 4.07. The smallest absolute Gasteiger partial charge is 0.345 e. The molecule has 146 valence electrons. The van der Waals surface area contributed by atoms with E-state index in [4.69, 9.17) is 4.74 Å². The van der Waals surface area contributed by atoms with Gasteiger partial charge in [-0.1, -0.05) is 24.3 Å². The normalized spacial score (nSPS) is 11.9. The molecular weight excluding hydrogens is 374 g/mol. The summed E-state index contributed by atoms with van der Waals surface area (Å²) in [7, 11) is 0. The molecule has 8 heteroatoms. The van der Waals surface area contributed by atoms with E-state index in [1.807, 2.05) is 24.3 Å². The van der Waals surface area contributed by atoms with Crippen LogP contribution in [0.2, 0.25) is 0 Å². The molecule has 1 atom stereocenters. The number of ketones is 1. The highest BCUT2D eigenvalue weighted by atomic mass is 16.6. The molecule has 0 aliphatic carbocycles. The third-order valence-corrected chi connectivity index (χ3v) is 4.07. The number of nitro groups is 1. The fourth-order valence-corrected chi connectivity index (χ4v) is 2.55. The number of hydrogen-bond donors (Lipinski definition) is 1. The highest BCUT2D eigenvalue weighted by Crippen LogP contribution is 2.18. The first-order valence-corrected chi connectivity index (χ1v) is 8.71. The van der Waals surface area contributed by atoms with E-state index in [9.17, 15) is 19.7 Å². The Morgan fingerprint density at radius 2 is 1.66 bits per heavy atom. The van der Waals surface area contributed by atoms with Crippen molar-refractivity contribution < 1.29 is 14.5 Å². The molecule has 2 aromatic carbocycles. The first kappa shape index (κ1) is 19.7. The second kappa shape index (κ2) is 8.75. The molecule has 0 aliphatic rings. The number of nitrogens with one attached hydrogen (secondary N) is 1. The van der Waals surface area contributed by atoms with Crippen LogP contribution >= 0.6 is 0 Å². The molecule has 3 rings (SSSR count). The van der Waals surface area contributed by atoms with Crippen LogP contribution in [0.5, 0.6) is 5.75 Å². The lowest BCUT2D eigenvalue weighted by Crippen LogP contribution is -2.27. The van der Waals surface area contributed by atoms with Crippen molar-refractivity contribution in [3.05, 3.63) is 98.2 Å². The van der Waals surface area contributed by atoms with Gasteiger partial charge in [-0.15, -0.1) is 0 Å². The van der Waals surface area contributed by atoms with Crippen LogP contribution in [0.25, 0.3) is 12.2 Å². The number of carbonyl (C=O) groups excluding carboxylic acids is 1. The minimum Gasteiger partial charge on any atom is -0.483 e. The summed E-state index contributed by atoms with van der Waals surface area (Å²) in [5.41, 5.74) is 1.32. The van der Waals surface area contributed by atoms with Gasteiger partial charge in [0, 0.05) is 18.3 Å². The third kappa shape index (κ3) is 5.23. The lowest BCUT2D eigenvalue weighted by molar-refractivity contribution is -0.384. The Labute approximate surface area is 165 Å². The van der Waals surface area contributed by atoms with Crippen molar-refractivity contribution in [2.75, 3.05) is 0 Å². The maximum absolute atomic E-state index is 12.3. The summed E-state index contributed by atoms with van der Waals surface area (Å²) in [6, 6.07) is 14.8. The summed E-state index contributed by atoms with van der Waals surface area (Å²) in [5, 5.41) is 10.7. The molecule has 0 amide bonds. The molecule has 0 bridgehead atoms. The van der Waals surface area contributed by atoms with E-state index in [0.29, 0.717) is 5.75 Å². The van der Waals surface area contributed by atoms with Gasteiger partial charge in [-0.05, 0) is 48.4 Å². The number of carbonyl (C=O) groups is 1. The number of benzene rings is 2. The fourth-order valence-electron chi connectivity index (χ4n) is 2.55. The van der Waals surface area contributed by atoms with Gasteiger partial charge in [-0.3, -0.25) is 14.9 Å². The topological polar surface area (TPSA) is 115 Å². The Morgan fingerprint density at radius 1 is 1.07 bits per heavy atom. The van der Waals surface area contributed by atoms with E-state index in [0.717, 1.165) is 11.1 Å². The number of nitro benzene ring substituents is 1. The zero-order chi connectivity index (χ0) is 20.8. The Bertz CT molecular complexity index is 1100. The van der Waals surface area contributed by atoms with E-state index in [1.54, 1.807) is 31.2 Å². The molecule has 1 unspecified atom stereocenters. The molecule has 1 N–H and O–H groups in total. The number of H-pyrrole nitrogens is 1. The van der Waals surface area contributed by atoms with Crippen LogP contribution < -0.4 is 10.4 Å². The van der Waals surface area contributed by atoms with Crippen LogP contribution in [0.4, 0.5) is 5.69 Å². The molecule has 8 nitrogen and oxygen atoms in total. The lowest BCUT2D eigenvalue weighted by atomic mass is 10.1. The van der Waals surface area contributed by atoms with Crippen LogP contribution in [0, 0.1) is 10.1 Å². The average molecular weight is 391 g/mol. The molecule has 0 saturated carbocycles. The highest BCUT2D eigenvalue weighted by molar-refractivity contribution is 5.97. The van der Waals surface area contributed by atoms with Gasteiger partial charge in [0.15, 0.2) is 6.10 Å². The first-order valence-electron chi connectivity index (χ1n) is 8.71. The molecule has 0 fully saturated rings. The highest BCUT2D eigenvalue weighted by Gasteiger charge is 2.17. The summed E-state index contributed by atoms with van der Waals surface area (Å²) in [5.74, 6) is 0.154. The predicted octanol–water partition coefficient (Wildman–Crippen LogP) is 3.50. The lowest BCUT2D eigenvalue weighted by Gasteiger charge is -2.13. The van der Waals surface area contributed by atoms with Crippen LogP contribution in [0.3, 0.4) is 0 Å². The summed E-state index contributed by atoms with van der Waals surface area (Å²) in [4.78, 5) is 39.6. The number of aromatic nitrogens is 2. The SMILES string of the molecule is CC(Oc1ccc(/C=C/c2ccc([N+](=O)[O-])cc2)cc1)C(=O)c1ccnc(=O)[nH]1. The number of Topliss-reactive ketones (excluding diaryl/α,β-unsaturated/α-hetero) is 1. The number of ether oxygens (including phenoxy) is 1. The van der Waals surface area contributed by atoms with Crippen molar-refractivity contribution in [3.63, 3.8) is 0 Å². The maximum atomic E-state index is 12.3. The largest absolute Gasteiger partial charge is 0.483 e. The average Bonchev–Trinajstić information content (AvgIpc) is 2.73. The van der Waals surface area contributed by atoms with Crippen molar-refractivity contribution in [1.29, 1.82) is 0 Å². The molecule has 0 radical (unpaired) electrons. The van der Waals surface area contributed by atoms with Gasteiger partial charge in [-0.25, -0.2) is 9.78 Å². The number of non-ortho nitro benzene ring substituents is 1. The molecule has 1 heterocycles. The van der Waals surface area contributed by atoms with Crippen LogP contribution in [0.1, 0.15) is 28.5 Å². The number of rotatable bonds is 7. The van der Waals surface area contributed by atoms with Crippen LogP contribution in [0.15, 0.2) is 65.6 Å². The van der Waals surface area contributed by atoms with Gasteiger partial charge in [-0.2, -0.15) is 0 Å². The van der Waals surface area contributed by atoms with Crippen molar-refractivity contribution in [3.8, 4) is 5.75 Å². The summed E-state index contributed by atoms with van der Waals surface area (Å²) in [6.45, 7) is 1.60. The monoisotopic (exact) mass is 391 g/mol. The molecule has 29 heavy (non-hydrogen) atoms. The molecule has 3 aromatic rings. The van der Waals surface area contributed by atoms with Gasteiger partial charge in [0.2, 0.25) is 5.78 Å². The fraction of sp³-hybridized carbons (Fsp3) is 0.0952. The minimum absolute atomic E-state index is 0.0446. The maximum Gasteiger partial charge on any atom is 0.345 e. The molecule has 1 aromatic heterocycles. The second-order valence-corrected chi connectivity index (χ2v) is 6.16. The van der Waals surface area contributed by atoms with E-state index in [2.05, 4.69) is 9.97 Å². The van der Waals surface area contributed by atoms with Crippen molar-refractivity contribution in [2.45, 2.75) is 13.0 Å². The number of aromatic amines is 1. The Hall–Kier alpha value is -4.07. The Balaban J connectivity index is 1.63. The molecular formula is C21H17N3O5. The van der Waals surface area contributed by atoms with Crippen molar-refractivity contribution in [2.24, 2.45) is 0 Å². The van der Waals surface area contributed by atoms with Gasteiger partial charge in [0.05, 0.1) is 10.6 Å². The summed E-state index contributed by atoms with van der Waals surface area (Å²) in [6.07, 6.45) is 4.19. The van der Waals surface area contributed by atoms with Crippen LogP contribution in [-0.4, -0.2) is 26.8 Å².